The molecule has 1 aromatic rings. The van der Waals surface area contributed by atoms with Gasteiger partial charge in [0.15, 0.2) is 0 Å². The molecule has 0 saturated carbocycles. The summed E-state index contributed by atoms with van der Waals surface area (Å²) in [6.45, 7) is 3.35. The summed E-state index contributed by atoms with van der Waals surface area (Å²) in [5, 5.41) is 3.14. The number of rotatable bonds is 6. The Morgan fingerprint density at radius 2 is 1.80 bits per heavy atom. The molecule has 0 aliphatic carbocycles. The highest BCUT2D eigenvalue weighted by atomic mass is 32.2. The molecule has 1 heterocycles. The summed E-state index contributed by atoms with van der Waals surface area (Å²) in [5.41, 5.74) is 0. The summed E-state index contributed by atoms with van der Waals surface area (Å²) in [6.07, 6.45) is 0. The van der Waals surface area contributed by atoms with Crippen LogP contribution < -0.4 is 10.1 Å². The molecule has 2 rings (SSSR count). The van der Waals surface area contributed by atoms with Crippen molar-refractivity contribution < 1.29 is 17.9 Å². The highest BCUT2D eigenvalue weighted by Gasteiger charge is 2.25. The molecule has 1 fully saturated rings. The van der Waals surface area contributed by atoms with Gasteiger partial charge in [-0.25, -0.2) is 8.42 Å². The van der Waals surface area contributed by atoms with Crippen molar-refractivity contribution in [3.05, 3.63) is 24.3 Å². The van der Waals surface area contributed by atoms with Crippen LogP contribution in [-0.4, -0.2) is 59.2 Å². The monoisotopic (exact) mass is 300 g/mol. The first-order valence-corrected chi connectivity index (χ1v) is 8.01. The van der Waals surface area contributed by atoms with Crippen molar-refractivity contribution in [2.24, 2.45) is 0 Å². The van der Waals surface area contributed by atoms with E-state index in [0.29, 0.717) is 50.0 Å². The van der Waals surface area contributed by atoms with E-state index in [1.54, 1.807) is 31.4 Å². The van der Waals surface area contributed by atoms with Gasteiger partial charge < -0.3 is 14.8 Å². The van der Waals surface area contributed by atoms with Crippen molar-refractivity contribution in [1.82, 2.24) is 9.62 Å². The Hall–Kier alpha value is -1.15. The van der Waals surface area contributed by atoms with Crippen LogP contribution in [0.25, 0.3) is 0 Å². The van der Waals surface area contributed by atoms with Crippen LogP contribution in [0.1, 0.15) is 0 Å². The number of methoxy groups -OCH3 is 1. The summed E-state index contributed by atoms with van der Waals surface area (Å²) in [6, 6.07) is 6.51. The van der Waals surface area contributed by atoms with Crippen LogP contribution in [0.4, 0.5) is 0 Å². The second-order valence-electron chi connectivity index (χ2n) is 4.47. The standard InChI is InChI=1S/C13H20N2O4S/c1-18-10-11-19-12-2-4-13(5-3-12)20(16,17)15-8-6-14-7-9-15/h2-5,14H,6-11H2,1H3. The lowest BCUT2D eigenvalue weighted by Gasteiger charge is -2.26. The number of nitrogens with one attached hydrogen (secondary N) is 1. The fraction of sp³-hybridized carbons (Fsp3) is 0.538. The lowest BCUT2D eigenvalue weighted by atomic mass is 10.3. The van der Waals surface area contributed by atoms with Gasteiger partial charge in [-0.15, -0.1) is 0 Å². The minimum Gasteiger partial charge on any atom is -0.491 e. The second-order valence-corrected chi connectivity index (χ2v) is 6.40. The molecule has 0 radical (unpaired) electrons. The minimum atomic E-state index is -3.39. The molecule has 1 aromatic carbocycles. The fourth-order valence-corrected chi connectivity index (χ4v) is 3.43. The number of piperazine rings is 1. The van der Waals surface area contributed by atoms with Crippen LogP contribution in [0, 0.1) is 0 Å². The van der Waals surface area contributed by atoms with E-state index in [1.807, 2.05) is 0 Å². The second kappa shape index (κ2) is 7.03. The number of nitrogens with zero attached hydrogens (tertiary/aromatic N) is 1. The first-order chi connectivity index (χ1) is 9.64. The fourth-order valence-electron chi connectivity index (χ4n) is 1.98. The van der Waals surface area contributed by atoms with Crippen molar-refractivity contribution in [3.8, 4) is 5.75 Å². The van der Waals surface area contributed by atoms with Gasteiger partial charge in [0.05, 0.1) is 11.5 Å². The van der Waals surface area contributed by atoms with E-state index < -0.39 is 10.0 Å². The van der Waals surface area contributed by atoms with E-state index in [4.69, 9.17) is 9.47 Å². The zero-order chi connectivity index (χ0) is 14.4. The third-order valence-electron chi connectivity index (χ3n) is 3.09. The molecular formula is C13H20N2O4S. The highest BCUT2D eigenvalue weighted by Crippen LogP contribution is 2.19. The van der Waals surface area contributed by atoms with Crippen molar-refractivity contribution in [3.63, 3.8) is 0 Å². The third-order valence-corrected chi connectivity index (χ3v) is 5.01. The summed E-state index contributed by atoms with van der Waals surface area (Å²) < 4.78 is 36.6. The van der Waals surface area contributed by atoms with Crippen molar-refractivity contribution in [2.45, 2.75) is 4.90 Å². The lowest BCUT2D eigenvalue weighted by molar-refractivity contribution is 0.146. The van der Waals surface area contributed by atoms with Crippen LogP contribution in [0.15, 0.2) is 29.2 Å². The van der Waals surface area contributed by atoms with Crippen LogP contribution in [0.3, 0.4) is 0 Å². The van der Waals surface area contributed by atoms with Crippen LogP contribution in [0.2, 0.25) is 0 Å². The van der Waals surface area contributed by atoms with Gasteiger partial charge in [-0.3, -0.25) is 0 Å². The van der Waals surface area contributed by atoms with Crippen LogP contribution in [0.5, 0.6) is 5.75 Å². The van der Waals surface area contributed by atoms with E-state index in [-0.39, 0.29) is 0 Å². The van der Waals surface area contributed by atoms with Gasteiger partial charge in [0.25, 0.3) is 0 Å². The molecule has 20 heavy (non-hydrogen) atoms. The smallest absolute Gasteiger partial charge is 0.243 e. The molecule has 0 spiro atoms. The normalized spacial score (nSPS) is 17.1. The van der Waals surface area contributed by atoms with Crippen LogP contribution in [-0.2, 0) is 14.8 Å². The average molecular weight is 300 g/mol. The van der Waals surface area contributed by atoms with Gasteiger partial charge >= 0.3 is 0 Å². The molecular weight excluding hydrogens is 280 g/mol. The number of sulfonamides is 1. The molecule has 0 amide bonds. The predicted molar refractivity (Wildman–Crippen MR) is 75.4 cm³/mol. The van der Waals surface area contributed by atoms with Gasteiger partial charge in [-0.1, -0.05) is 0 Å². The summed E-state index contributed by atoms with van der Waals surface area (Å²) in [5.74, 6) is 0.640. The van der Waals surface area contributed by atoms with E-state index >= 15 is 0 Å². The number of hydrogen-bond donors (Lipinski definition) is 1. The Morgan fingerprint density at radius 1 is 1.15 bits per heavy atom. The topological polar surface area (TPSA) is 67.9 Å². The molecule has 1 saturated heterocycles. The van der Waals surface area contributed by atoms with Gasteiger partial charge in [0, 0.05) is 33.3 Å². The van der Waals surface area contributed by atoms with Crippen LogP contribution >= 0.6 is 0 Å². The maximum Gasteiger partial charge on any atom is 0.243 e. The van der Waals surface area contributed by atoms with Crippen molar-refractivity contribution in [1.29, 1.82) is 0 Å². The molecule has 0 aromatic heterocycles. The number of benzene rings is 1. The Labute approximate surface area is 119 Å². The van der Waals surface area contributed by atoms with E-state index in [2.05, 4.69) is 5.32 Å². The Balaban J connectivity index is 2.04. The molecule has 1 N–H and O–H groups in total. The molecule has 0 atom stereocenters. The Morgan fingerprint density at radius 3 is 2.40 bits per heavy atom. The Kier molecular flexibility index (Phi) is 5.36. The molecule has 6 nitrogen and oxygen atoms in total. The van der Waals surface area contributed by atoms with Crippen molar-refractivity contribution in [2.75, 3.05) is 46.5 Å². The van der Waals surface area contributed by atoms with Crippen molar-refractivity contribution >= 4 is 10.0 Å². The van der Waals surface area contributed by atoms with Gasteiger partial charge in [-0.2, -0.15) is 4.31 Å². The zero-order valence-electron chi connectivity index (χ0n) is 11.5. The average Bonchev–Trinajstić information content (AvgIpc) is 2.49. The largest absolute Gasteiger partial charge is 0.491 e. The number of ether oxygens (including phenoxy) is 2. The molecule has 0 unspecified atom stereocenters. The Bertz CT molecular complexity index is 510. The number of hydrogen-bond acceptors (Lipinski definition) is 5. The van der Waals surface area contributed by atoms with E-state index in [9.17, 15) is 8.42 Å². The molecule has 0 bridgehead atoms. The maximum atomic E-state index is 12.4. The first-order valence-electron chi connectivity index (χ1n) is 6.57. The summed E-state index contributed by atoms with van der Waals surface area (Å²) in [7, 11) is -1.79. The zero-order valence-corrected chi connectivity index (χ0v) is 12.4. The molecule has 1 aliphatic rings. The summed E-state index contributed by atoms with van der Waals surface area (Å²) in [4.78, 5) is 0.304. The maximum absolute atomic E-state index is 12.4. The van der Waals surface area contributed by atoms with E-state index in [0.717, 1.165) is 0 Å². The third kappa shape index (κ3) is 3.69. The van der Waals surface area contributed by atoms with E-state index in [1.165, 1.54) is 4.31 Å². The highest BCUT2D eigenvalue weighted by molar-refractivity contribution is 7.89. The van der Waals surface area contributed by atoms with Gasteiger partial charge in [0.2, 0.25) is 10.0 Å². The van der Waals surface area contributed by atoms with Gasteiger partial charge in [-0.05, 0) is 24.3 Å². The minimum absolute atomic E-state index is 0.304. The predicted octanol–water partition coefficient (Wildman–Crippen LogP) is 0.306. The molecule has 112 valence electrons. The lowest BCUT2D eigenvalue weighted by Crippen LogP contribution is -2.46. The SMILES string of the molecule is COCCOc1ccc(S(=O)(=O)N2CCNCC2)cc1. The van der Waals surface area contributed by atoms with Gasteiger partial charge in [0.1, 0.15) is 12.4 Å². The quantitative estimate of drug-likeness (QED) is 0.766. The molecule has 1 aliphatic heterocycles. The first kappa shape index (κ1) is 15.2. The molecule has 7 heteroatoms. The summed E-state index contributed by atoms with van der Waals surface area (Å²) >= 11 is 0.